The Kier molecular flexibility index (Phi) is 2.88. The molecule has 5 rings (SSSR count). The van der Waals surface area contributed by atoms with E-state index in [4.69, 9.17) is 0 Å². The minimum atomic E-state index is 0.521. The van der Waals surface area contributed by atoms with Gasteiger partial charge < -0.3 is 14.8 Å². The summed E-state index contributed by atoms with van der Waals surface area (Å²) in [6, 6.07) is 0.753. The van der Waals surface area contributed by atoms with Gasteiger partial charge in [0.2, 0.25) is 0 Å². The summed E-state index contributed by atoms with van der Waals surface area (Å²) in [5.74, 6) is 0.939. The number of fused-ring (bicyclic) bond motifs is 3. The molecule has 4 aliphatic rings. The predicted octanol–water partition coefficient (Wildman–Crippen LogP) is 1.35. The highest BCUT2D eigenvalue weighted by Gasteiger charge is 2.44. The molecule has 3 saturated heterocycles. The van der Waals surface area contributed by atoms with E-state index >= 15 is 0 Å². The van der Waals surface area contributed by atoms with E-state index in [1.165, 1.54) is 51.9 Å². The van der Waals surface area contributed by atoms with E-state index in [1.54, 1.807) is 0 Å². The van der Waals surface area contributed by atoms with E-state index in [0.717, 1.165) is 18.5 Å². The van der Waals surface area contributed by atoms with Gasteiger partial charge in [0.15, 0.2) is 0 Å². The normalized spacial score (nSPS) is 35.5. The second kappa shape index (κ2) is 4.60. The molecule has 0 radical (unpaired) electrons. The molecule has 1 N–H and O–H groups in total. The summed E-state index contributed by atoms with van der Waals surface area (Å²) >= 11 is 0. The van der Waals surface area contributed by atoms with Crippen LogP contribution in [-0.2, 0) is 6.54 Å². The lowest BCUT2D eigenvalue weighted by atomic mass is 9.84. The molecule has 4 nitrogen and oxygen atoms in total. The monoisotopic (exact) mass is 260 g/mol. The highest BCUT2D eigenvalue weighted by molar-refractivity contribution is 4.99. The third-order valence-electron chi connectivity index (χ3n) is 5.43. The van der Waals surface area contributed by atoms with E-state index in [9.17, 15) is 0 Å². The fourth-order valence-corrected chi connectivity index (χ4v) is 3.88. The first-order valence-electron chi connectivity index (χ1n) is 7.75. The Balaban J connectivity index is 1.32. The fourth-order valence-electron chi connectivity index (χ4n) is 3.88. The first-order chi connectivity index (χ1) is 9.33. The molecule has 1 aromatic rings. The van der Waals surface area contributed by atoms with Gasteiger partial charge in [-0.1, -0.05) is 0 Å². The minimum absolute atomic E-state index is 0.521. The van der Waals surface area contributed by atoms with Crippen molar-refractivity contribution in [2.75, 3.05) is 26.2 Å². The number of rotatable bonds is 5. The van der Waals surface area contributed by atoms with Gasteiger partial charge in [-0.05, 0) is 44.7 Å². The largest absolute Gasteiger partial charge is 0.337 e. The summed E-state index contributed by atoms with van der Waals surface area (Å²) in [6.07, 6.45) is 11.5. The molecule has 104 valence electrons. The Morgan fingerprint density at radius 3 is 2.68 bits per heavy atom. The van der Waals surface area contributed by atoms with Crippen LogP contribution in [0.15, 0.2) is 18.7 Å². The average molecular weight is 260 g/mol. The first-order valence-corrected chi connectivity index (χ1v) is 7.75. The van der Waals surface area contributed by atoms with Crippen molar-refractivity contribution in [1.82, 2.24) is 19.8 Å². The van der Waals surface area contributed by atoms with Crippen LogP contribution in [0.3, 0.4) is 0 Å². The summed E-state index contributed by atoms with van der Waals surface area (Å²) in [6.45, 7) is 6.29. The van der Waals surface area contributed by atoms with Crippen LogP contribution in [0.4, 0.5) is 0 Å². The van der Waals surface area contributed by atoms with Crippen LogP contribution in [0.1, 0.15) is 25.7 Å². The smallest absolute Gasteiger partial charge is 0.0946 e. The van der Waals surface area contributed by atoms with Crippen LogP contribution in [0.25, 0.3) is 0 Å². The van der Waals surface area contributed by atoms with Crippen molar-refractivity contribution >= 4 is 0 Å². The van der Waals surface area contributed by atoms with E-state index in [-0.39, 0.29) is 0 Å². The lowest BCUT2D eigenvalue weighted by molar-refractivity contribution is 0.0695. The number of piperidine rings is 3. The SMILES string of the molecule is c1cn(CC2(CNC3CN4CCC3CC4)CC2)cn1. The zero-order valence-electron chi connectivity index (χ0n) is 11.6. The van der Waals surface area contributed by atoms with Crippen molar-refractivity contribution < 1.29 is 0 Å². The summed E-state index contributed by atoms with van der Waals surface area (Å²) in [4.78, 5) is 6.78. The molecule has 19 heavy (non-hydrogen) atoms. The molecule has 0 aromatic carbocycles. The average Bonchev–Trinajstić information content (AvgIpc) is 3.02. The number of hydrogen-bond donors (Lipinski definition) is 1. The van der Waals surface area contributed by atoms with E-state index in [1.807, 2.05) is 12.5 Å². The summed E-state index contributed by atoms with van der Waals surface area (Å²) in [5.41, 5.74) is 0.521. The van der Waals surface area contributed by atoms with Gasteiger partial charge in [0.25, 0.3) is 0 Å². The fraction of sp³-hybridized carbons (Fsp3) is 0.800. The summed E-state index contributed by atoms with van der Waals surface area (Å²) in [7, 11) is 0. The Morgan fingerprint density at radius 1 is 1.26 bits per heavy atom. The van der Waals surface area contributed by atoms with Crippen molar-refractivity contribution in [2.24, 2.45) is 11.3 Å². The zero-order chi connectivity index (χ0) is 12.7. The van der Waals surface area contributed by atoms with Crippen molar-refractivity contribution in [1.29, 1.82) is 0 Å². The molecule has 4 heterocycles. The van der Waals surface area contributed by atoms with E-state index in [2.05, 4.69) is 26.0 Å². The van der Waals surface area contributed by atoms with E-state index in [0.29, 0.717) is 5.41 Å². The first kappa shape index (κ1) is 11.9. The van der Waals surface area contributed by atoms with Crippen LogP contribution < -0.4 is 5.32 Å². The number of aromatic nitrogens is 2. The molecule has 1 saturated carbocycles. The molecule has 1 unspecified atom stereocenters. The molecule has 1 aliphatic carbocycles. The Morgan fingerprint density at radius 2 is 2.11 bits per heavy atom. The topological polar surface area (TPSA) is 33.1 Å². The summed E-state index contributed by atoms with van der Waals surface area (Å²) in [5, 5.41) is 3.89. The molecule has 0 spiro atoms. The molecule has 2 bridgehead atoms. The molecule has 3 aliphatic heterocycles. The van der Waals surface area contributed by atoms with Crippen LogP contribution >= 0.6 is 0 Å². The zero-order valence-corrected chi connectivity index (χ0v) is 11.6. The second-order valence-electron chi connectivity index (χ2n) is 6.86. The molecular formula is C15H24N4. The number of nitrogens with zero attached hydrogens (tertiary/aromatic N) is 3. The molecule has 4 fully saturated rings. The van der Waals surface area contributed by atoms with Gasteiger partial charge in [-0.2, -0.15) is 0 Å². The Labute approximate surface area is 115 Å². The highest BCUT2D eigenvalue weighted by Crippen LogP contribution is 2.46. The number of imidazole rings is 1. The Hall–Kier alpha value is -0.870. The van der Waals surface area contributed by atoms with E-state index < -0.39 is 0 Å². The maximum absolute atomic E-state index is 4.15. The van der Waals surface area contributed by atoms with Crippen LogP contribution in [0.2, 0.25) is 0 Å². The number of hydrogen-bond acceptors (Lipinski definition) is 3. The second-order valence-corrected chi connectivity index (χ2v) is 6.86. The van der Waals surface area contributed by atoms with Crippen molar-refractivity contribution in [3.63, 3.8) is 0 Å². The maximum atomic E-state index is 4.15. The molecular weight excluding hydrogens is 236 g/mol. The summed E-state index contributed by atoms with van der Waals surface area (Å²) < 4.78 is 2.24. The quantitative estimate of drug-likeness (QED) is 0.867. The standard InChI is InChI=1S/C15H24N4/c1-6-18-7-2-13(1)14(9-18)17-10-15(3-4-15)11-19-8-5-16-12-19/h5,8,12-14,17H,1-4,6-7,9-11H2. The van der Waals surface area contributed by atoms with Gasteiger partial charge in [-0.25, -0.2) is 4.98 Å². The third kappa shape index (κ3) is 2.43. The van der Waals surface area contributed by atoms with Crippen LogP contribution in [0, 0.1) is 11.3 Å². The molecule has 1 atom stereocenters. The Bertz CT molecular complexity index is 415. The lowest BCUT2D eigenvalue weighted by Crippen LogP contribution is -2.56. The van der Waals surface area contributed by atoms with Crippen LogP contribution in [-0.4, -0.2) is 46.7 Å². The molecule has 1 aromatic heterocycles. The van der Waals surface area contributed by atoms with Crippen LogP contribution in [0.5, 0.6) is 0 Å². The predicted molar refractivity (Wildman–Crippen MR) is 74.8 cm³/mol. The van der Waals surface area contributed by atoms with Crippen molar-refractivity contribution in [2.45, 2.75) is 38.3 Å². The van der Waals surface area contributed by atoms with Crippen molar-refractivity contribution in [3.8, 4) is 0 Å². The van der Waals surface area contributed by atoms with Gasteiger partial charge in [0.05, 0.1) is 6.33 Å². The maximum Gasteiger partial charge on any atom is 0.0946 e. The van der Waals surface area contributed by atoms with Crippen molar-refractivity contribution in [3.05, 3.63) is 18.7 Å². The minimum Gasteiger partial charge on any atom is -0.337 e. The molecule has 0 amide bonds. The third-order valence-corrected chi connectivity index (χ3v) is 5.43. The lowest BCUT2D eigenvalue weighted by Gasteiger charge is -2.45. The van der Waals surface area contributed by atoms with Gasteiger partial charge >= 0.3 is 0 Å². The number of nitrogens with one attached hydrogen (secondary N) is 1. The highest BCUT2D eigenvalue weighted by atomic mass is 15.2. The van der Waals surface area contributed by atoms with Gasteiger partial charge in [0.1, 0.15) is 0 Å². The van der Waals surface area contributed by atoms with Gasteiger partial charge in [-0.15, -0.1) is 0 Å². The molecule has 4 heteroatoms. The van der Waals surface area contributed by atoms with Gasteiger partial charge in [0, 0.05) is 43.5 Å². The van der Waals surface area contributed by atoms with Gasteiger partial charge in [-0.3, -0.25) is 0 Å².